The van der Waals surface area contributed by atoms with E-state index in [4.69, 9.17) is 10.00 Å². The van der Waals surface area contributed by atoms with Crippen LogP contribution in [0.15, 0.2) is 36.7 Å². The lowest BCUT2D eigenvalue weighted by molar-refractivity contribution is -0.139. The van der Waals surface area contributed by atoms with Gasteiger partial charge in [0, 0.05) is 12.4 Å². The lowest BCUT2D eigenvalue weighted by atomic mass is 10.2. The van der Waals surface area contributed by atoms with Crippen LogP contribution in [0.2, 0.25) is 0 Å². The molecular weight excluding hydrogens is 297 g/mol. The summed E-state index contributed by atoms with van der Waals surface area (Å²) in [7, 11) is 0. The minimum Gasteiger partial charge on any atom is -0.475 e. The molecule has 0 aromatic carbocycles. The van der Waals surface area contributed by atoms with Gasteiger partial charge in [-0.05, 0) is 24.3 Å². The fraction of sp³-hybridized carbons (Fsp3) is 0.214. The van der Waals surface area contributed by atoms with E-state index in [1.54, 1.807) is 12.1 Å². The van der Waals surface area contributed by atoms with Crippen LogP contribution in [0.5, 0.6) is 5.88 Å². The molecule has 22 heavy (non-hydrogen) atoms. The fourth-order valence-corrected chi connectivity index (χ4v) is 1.68. The maximum Gasteiger partial charge on any atom is 0.421 e. The molecule has 8 heteroatoms. The summed E-state index contributed by atoms with van der Waals surface area (Å²) in [6.07, 6.45) is -1.79. The van der Waals surface area contributed by atoms with Gasteiger partial charge in [0.15, 0.2) is 0 Å². The van der Waals surface area contributed by atoms with Crippen LogP contribution in [0.1, 0.15) is 11.1 Å². The van der Waals surface area contributed by atoms with E-state index < -0.39 is 17.6 Å². The summed E-state index contributed by atoms with van der Waals surface area (Å²) in [6.45, 7) is 0.126. The van der Waals surface area contributed by atoms with Crippen LogP contribution in [-0.2, 0) is 6.18 Å². The van der Waals surface area contributed by atoms with E-state index in [2.05, 4.69) is 15.3 Å². The van der Waals surface area contributed by atoms with Crippen LogP contribution in [0.25, 0.3) is 0 Å². The van der Waals surface area contributed by atoms with E-state index in [-0.39, 0.29) is 13.2 Å². The van der Waals surface area contributed by atoms with Gasteiger partial charge in [-0.2, -0.15) is 18.4 Å². The Hall–Kier alpha value is -2.82. The monoisotopic (exact) mass is 308 g/mol. The number of halogens is 3. The number of anilines is 1. The Morgan fingerprint density at radius 2 is 1.91 bits per heavy atom. The second-order valence-corrected chi connectivity index (χ2v) is 4.14. The lowest BCUT2D eigenvalue weighted by Crippen LogP contribution is -2.16. The number of ether oxygens (including phenoxy) is 1. The number of alkyl halides is 3. The zero-order valence-corrected chi connectivity index (χ0v) is 11.3. The molecule has 0 saturated heterocycles. The smallest absolute Gasteiger partial charge is 0.421 e. The average Bonchev–Trinajstić information content (AvgIpc) is 2.51. The first-order valence-corrected chi connectivity index (χ1v) is 6.26. The predicted octanol–water partition coefficient (Wildman–Crippen LogP) is 2.86. The summed E-state index contributed by atoms with van der Waals surface area (Å²) in [5.41, 5.74) is -0.582. The minimum atomic E-state index is -4.52. The molecule has 0 spiro atoms. The lowest BCUT2D eigenvalue weighted by Gasteiger charge is -2.13. The number of hydrogen-bond donors (Lipinski definition) is 1. The zero-order chi connectivity index (χ0) is 16.0. The van der Waals surface area contributed by atoms with Crippen molar-refractivity contribution in [1.82, 2.24) is 9.97 Å². The van der Waals surface area contributed by atoms with E-state index in [1.807, 2.05) is 6.07 Å². The number of pyridine rings is 2. The Balaban J connectivity index is 1.94. The molecule has 2 aromatic rings. The van der Waals surface area contributed by atoms with E-state index in [0.29, 0.717) is 11.4 Å². The normalized spacial score (nSPS) is 10.8. The van der Waals surface area contributed by atoms with Crippen molar-refractivity contribution in [3.05, 3.63) is 47.8 Å². The Bertz CT molecular complexity index is 682. The second-order valence-electron chi connectivity index (χ2n) is 4.14. The first kappa shape index (κ1) is 15.6. The highest BCUT2D eigenvalue weighted by Gasteiger charge is 2.34. The van der Waals surface area contributed by atoms with Crippen molar-refractivity contribution in [1.29, 1.82) is 5.26 Å². The number of hydrogen-bond acceptors (Lipinski definition) is 5. The van der Waals surface area contributed by atoms with Crippen LogP contribution in [0.4, 0.5) is 19.0 Å². The molecular formula is C14H11F3N4O. The molecule has 0 unspecified atom stereocenters. The summed E-state index contributed by atoms with van der Waals surface area (Å²) >= 11 is 0. The van der Waals surface area contributed by atoms with Crippen molar-refractivity contribution in [2.24, 2.45) is 0 Å². The predicted molar refractivity (Wildman–Crippen MR) is 72.2 cm³/mol. The highest BCUT2D eigenvalue weighted by Crippen LogP contribution is 2.34. The highest BCUT2D eigenvalue weighted by atomic mass is 19.4. The molecule has 0 aliphatic rings. The highest BCUT2D eigenvalue weighted by molar-refractivity contribution is 5.51. The van der Waals surface area contributed by atoms with Crippen molar-refractivity contribution in [2.45, 2.75) is 6.18 Å². The van der Waals surface area contributed by atoms with Crippen molar-refractivity contribution >= 4 is 5.82 Å². The molecule has 0 aliphatic carbocycles. The number of rotatable bonds is 5. The molecule has 2 heterocycles. The van der Waals surface area contributed by atoms with Crippen LogP contribution in [-0.4, -0.2) is 23.1 Å². The summed E-state index contributed by atoms with van der Waals surface area (Å²) < 4.78 is 43.3. The fourth-order valence-electron chi connectivity index (χ4n) is 1.68. The molecule has 0 fully saturated rings. The number of nitriles is 1. The number of nitrogens with one attached hydrogen (secondary N) is 1. The zero-order valence-electron chi connectivity index (χ0n) is 11.3. The van der Waals surface area contributed by atoms with Gasteiger partial charge in [0.25, 0.3) is 0 Å². The quantitative estimate of drug-likeness (QED) is 0.860. The molecule has 114 valence electrons. The third-order valence-corrected chi connectivity index (χ3v) is 2.64. The molecule has 0 radical (unpaired) electrons. The Morgan fingerprint density at radius 3 is 2.64 bits per heavy atom. The van der Waals surface area contributed by atoms with Crippen molar-refractivity contribution in [2.75, 3.05) is 18.5 Å². The first-order valence-electron chi connectivity index (χ1n) is 6.26. The van der Waals surface area contributed by atoms with Gasteiger partial charge in [-0.1, -0.05) is 0 Å². The van der Waals surface area contributed by atoms with Gasteiger partial charge >= 0.3 is 6.18 Å². The first-order chi connectivity index (χ1) is 10.5. The molecule has 5 nitrogen and oxygen atoms in total. The van der Waals surface area contributed by atoms with Crippen LogP contribution >= 0.6 is 0 Å². The van der Waals surface area contributed by atoms with Crippen molar-refractivity contribution < 1.29 is 17.9 Å². The SMILES string of the molecule is N#Cc1cccnc1NCCOc1ncccc1C(F)(F)F. The van der Waals surface area contributed by atoms with Gasteiger partial charge < -0.3 is 10.1 Å². The summed E-state index contributed by atoms with van der Waals surface area (Å²) in [6, 6.07) is 7.25. The van der Waals surface area contributed by atoms with Crippen LogP contribution in [0, 0.1) is 11.3 Å². The van der Waals surface area contributed by atoms with E-state index in [9.17, 15) is 13.2 Å². The second kappa shape index (κ2) is 6.76. The third-order valence-electron chi connectivity index (χ3n) is 2.64. The summed E-state index contributed by atoms with van der Waals surface area (Å²) in [5.74, 6) is -0.121. The number of nitrogens with zero attached hydrogens (tertiary/aromatic N) is 3. The maximum atomic E-state index is 12.7. The molecule has 2 aromatic heterocycles. The van der Waals surface area contributed by atoms with E-state index in [0.717, 1.165) is 6.07 Å². The minimum absolute atomic E-state index is 0.0540. The largest absolute Gasteiger partial charge is 0.475 e. The van der Waals surface area contributed by atoms with Crippen molar-refractivity contribution in [3.63, 3.8) is 0 Å². The van der Waals surface area contributed by atoms with Gasteiger partial charge in [0.1, 0.15) is 24.1 Å². The van der Waals surface area contributed by atoms with Gasteiger partial charge in [0.05, 0.1) is 12.1 Å². The Kier molecular flexibility index (Phi) is 4.78. The molecule has 0 saturated carbocycles. The number of aromatic nitrogens is 2. The van der Waals surface area contributed by atoms with Crippen molar-refractivity contribution in [3.8, 4) is 11.9 Å². The molecule has 1 N–H and O–H groups in total. The van der Waals surface area contributed by atoms with Gasteiger partial charge in [-0.3, -0.25) is 0 Å². The van der Waals surface area contributed by atoms with Gasteiger partial charge in [-0.25, -0.2) is 9.97 Å². The molecule has 2 rings (SSSR count). The average molecular weight is 308 g/mol. The van der Waals surface area contributed by atoms with Gasteiger partial charge in [-0.15, -0.1) is 0 Å². The Labute approximate surface area is 124 Å². The molecule has 0 bridgehead atoms. The van der Waals surface area contributed by atoms with Gasteiger partial charge in [0.2, 0.25) is 5.88 Å². The third kappa shape index (κ3) is 3.85. The molecule has 0 aliphatic heterocycles. The Morgan fingerprint density at radius 1 is 1.18 bits per heavy atom. The van der Waals surface area contributed by atoms with Crippen LogP contribution in [0.3, 0.4) is 0 Å². The van der Waals surface area contributed by atoms with E-state index >= 15 is 0 Å². The van der Waals surface area contributed by atoms with Crippen LogP contribution < -0.4 is 10.1 Å². The topological polar surface area (TPSA) is 70.8 Å². The standard InChI is InChI=1S/C14H11F3N4O/c15-14(16,17)11-4-2-6-21-13(11)22-8-7-20-12-10(9-18)3-1-5-19-12/h1-6H,7-8H2,(H,19,20). The summed E-state index contributed by atoms with van der Waals surface area (Å²) in [4.78, 5) is 7.55. The summed E-state index contributed by atoms with van der Waals surface area (Å²) in [5, 5.41) is 11.7. The molecule has 0 atom stereocenters. The molecule has 0 amide bonds. The van der Waals surface area contributed by atoms with E-state index in [1.165, 1.54) is 18.5 Å². The maximum absolute atomic E-state index is 12.7.